The molecule has 0 radical (unpaired) electrons. The van der Waals surface area contributed by atoms with Crippen LogP contribution in [0.3, 0.4) is 0 Å². The quantitative estimate of drug-likeness (QED) is 0.111. The molecule has 3 aromatic carbocycles. The van der Waals surface area contributed by atoms with Gasteiger partial charge in [-0.25, -0.2) is 4.98 Å². The molecule has 9 heteroatoms. The Morgan fingerprint density at radius 2 is 1.90 bits per heavy atom. The third-order valence-electron chi connectivity index (χ3n) is 6.86. The van der Waals surface area contributed by atoms with Crippen molar-refractivity contribution in [1.29, 1.82) is 0 Å². The van der Waals surface area contributed by atoms with Crippen LogP contribution < -0.4 is 14.4 Å². The summed E-state index contributed by atoms with van der Waals surface area (Å²) in [6, 6.07) is 14.4. The predicted molar refractivity (Wildman–Crippen MR) is 155 cm³/mol. The second-order valence-electron chi connectivity index (χ2n) is 9.76. The molecule has 1 unspecified atom stereocenters. The van der Waals surface area contributed by atoms with E-state index < -0.39 is 17.7 Å². The highest BCUT2D eigenvalue weighted by Gasteiger charge is 2.48. The van der Waals surface area contributed by atoms with Crippen LogP contribution in [0.4, 0.5) is 5.13 Å². The molecule has 2 N–H and O–H groups in total. The van der Waals surface area contributed by atoms with Crippen molar-refractivity contribution in [3.8, 4) is 17.2 Å². The van der Waals surface area contributed by atoms with Gasteiger partial charge in [-0.3, -0.25) is 14.5 Å². The Kier molecular flexibility index (Phi) is 7.49. The average molecular weight is 559 g/mol. The number of carbonyl (C=O) groups is 2. The van der Waals surface area contributed by atoms with Gasteiger partial charge in [0.2, 0.25) is 0 Å². The van der Waals surface area contributed by atoms with Crippen LogP contribution in [-0.4, -0.2) is 40.6 Å². The summed E-state index contributed by atoms with van der Waals surface area (Å²) in [7, 11) is 1.42. The lowest BCUT2D eigenvalue weighted by atomic mass is 9.95. The van der Waals surface area contributed by atoms with Crippen LogP contribution in [-0.2, 0) is 9.59 Å². The zero-order valence-corrected chi connectivity index (χ0v) is 23.5. The number of rotatable bonds is 8. The summed E-state index contributed by atoms with van der Waals surface area (Å²) in [5.41, 5.74) is 3.48. The summed E-state index contributed by atoms with van der Waals surface area (Å²) < 4.78 is 12.0. The average Bonchev–Trinajstić information content (AvgIpc) is 3.47. The van der Waals surface area contributed by atoms with Gasteiger partial charge in [-0.15, -0.1) is 0 Å². The van der Waals surface area contributed by atoms with Gasteiger partial charge in [0.05, 0.1) is 35.5 Å². The number of nitrogens with zero attached hydrogens (tertiary/aromatic N) is 2. The number of fused-ring (bicyclic) bond motifs is 1. The number of aliphatic hydroxyl groups excluding tert-OH is 1. The molecule has 1 aliphatic rings. The number of thiazole rings is 1. The summed E-state index contributed by atoms with van der Waals surface area (Å²) in [6.45, 7) is 6.53. The molecule has 1 aromatic heterocycles. The first-order valence-electron chi connectivity index (χ1n) is 13.0. The minimum Gasteiger partial charge on any atom is -0.507 e. The van der Waals surface area contributed by atoms with Crippen molar-refractivity contribution in [1.82, 2.24) is 4.98 Å². The van der Waals surface area contributed by atoms with Crippen LogP contribution >= 0.6 is 11.3 Å². The lowest BCUT2D eigenvalue weighted by molar-refractivity contribution is -0.132. The highest BCUT2D eigenvalue weighted by Crippen LogP contribution is 2.46. The summed E-state index contributed by atoms with van der Waals surface area (Å²) in [5.74, 6) is -1.34. The van der Waals surface area contributed by atoms with E-state index in [-0.39, 0.29) is 22.8 Å². The maximum Gasteiger partial charge on any atom is 0.301 e. The number of ether oxygens (including phenoxy) is 2. The Labute approximate surface area is 236 Å². The Hall–Kier alpha value is -4.37. The third-order valence-corrected chi connectivity index (χ3v) is 7.86. The van der Waals surface area contributed by atoms with Gasteiger partial charge in [-0.2, -0.15) is 0 Å². The van der Waals surface area contributed by atoms with Crippen LogP contribution in [0.1, 0.15) is 48.1 Å². The van der Waals surface area contributed by atoms with E-state index in [2.05, 4.69) is 6.92 Å². The molecule has 1 aliphatic heterocycles. The molecule has 1 saturated heterocycles. The SMILES string of the molecule is CCCCOc1cccc(C(O)=C2C(=O)C(=O)N(c3nc4c(C)cc(C)cc4s3)C2c2ccc(O)c(OC)c2)c1. The van der Waals surface area contributed by atoms with E-state index in [1.165, 1.54) is 29.4 Å². The number of aryl methyl sites for hydroxylation is 2. The van der Waals surface area contributed by atoms with Gasteiger partial charge in [-0.1, -0.05) is 48.9 Å². The number of ketones is 1. The molecule has 0 aliphatic carbocycles. The second kappa shape index (κ2) is 11.0. The van der Waals surface area contributed by atoms with Crippen molar-refractivity contribution >= 4 is 44.1 Å². The fourth-order valence-electron chi connectivity index (χ4n) is 4.89. The standard InChI is InChI=1S/C31H30N2O6S/c1-5-6-12-39-21-9-7-8-20(15-21)28(35)25-27(19-10-11-22(34)23(16-19)38-4)33(30(37)29(25)36)31-32-26-18(3)13-17(2)14-24(26)40-31/h7-11,13-16,27,34-35H,5-6,12H2,1-4H3. The number of benzene rings is 3. The van der Waals surface area contributed by atoms with Crippen molar-refractivity contribution in [3.63, 3.8) is 0 Å². The summed E-state index contributed by atoms with van der Waals surface area (Å²) >= 11 is 1.30. The van der Waals surface area contributed by atoms with E-state index >= 15 is 0 Å². The number of Topliss-reactive ketones (excluding diaryl/α,β-unsaturated/α-hetero) is 1. The smallest absolute Gasteiger partial charge is 0.301 e. The van der Waals surface area contributed by atoms with Gasteiger partial charge in [0.25, 0.3) is 5.78 Å². The summed E-state index contributed by atoms with van der Waals surface area (Å²) in [4.78, 5) is 33.3. The number of phenols is 1. The maximum atomic E-state index is 13.6. The number of aromatic nitrogens is 1. The Morgan fingerprint density at radius 3 is 2.65 bits per heavy atom. The van der Waals surface area contributed by atoms with Crippen LogP contribution in [0.5, 0.6) is 17.2 Å². The number of aromatic hydroxyl groups is 1. The maximum absolute atomic E-state index is 13.6. The van der Waals surface area contributed by atoms with Crippen LogP contribution in [0.15, 0.2) is 60.2 Å². The van der Waals surface area contributed by atoms with Crippen molar-refractivity contribution in [2.75, 3.05) is 18.6 Å². The van der Waals surface area contributed by atoms with E-state index in [1.54, 1.807) is 36.4 Å². The number of hydrogen-bond acceptors (Lipinski definition) is 8. The highest BCUT2D eigenvalue weighted by molar-refractivity contribution is 7.22. The van der Waals surface area contributed by atoms with Gasteiger partial charge in [-0.05, 0) is 67.3 Å². The molecule has 2 heterocycles. The normalized spacial score (nSPS) is 16.6. The molecule has 40 heavy (non-hydrogen) atoms. The molecule has 8 nitrogen and oxygen atoms in total. The molecule has 1 amide bonds. The molecule has 1 atom stereocenters. The van der Waals surface area contributed by atoms with E-state index in [1.807, 2.05) is 26.0 Å². The molecular formula is C31H30N2O6S. The molecular weight excluding hydrogens is 528 g/mol. The number of aliphatic hydroxyl groups is 1. The summed E-state index contributed by atoms with van der Waals surface area (Å²) in [5, 5.41) is 22.1. The first-order valence-corrected chi connectivity index (χ1v) is 13.8. The first-order chi connectivity index (χ1) is 19.2. The molecule has 206 valence electrons. The Bertz CT molecular complexity index is 1660. The number of carbonyl (C=O) groups excluding carboxylic acids is 2. The van der Waals surface area contributed by atoms with Crippen molar-refractivity contribution < 1.29 is 29.3 Å². The van der Waals surface area contributed by atoms with Gasteiger partial charge in [0.1, 0.15) is 11.5 Å². The molecule has 0 spiro atoms. The van der Waals surface area contributed by atoms with E-state index in [0.717, 1.165) is 34.2 Å². The fourth-order valence-corrected chi connectivity index (χ4v) is 6.06. The number of hydrogen-bond donors (Lipinski definition) is 2. The summed E-state index contributed by atoms with van der Waals surface area (Å²) in [6.07, 6.45) is 1.86. The molecule has 5 rings (SSSR count). The van der Waals surface area contributed by atoms with Gasteiger partial charge in [0, 0.05) is 5.56 Å². The number of amides is 1. The lowest BCUT2D eigenvalue weighted by Crippen LogP contribution is -2.29. The topological polar surface area (TPSA) is 109 Å². The van der Waals surface area contributed by atoms with Crippen LogP contribution in [0.25, 0.3) is 16.0 Å². The van der Waals surface area contributed by atoms with Crippen molar-refractivity contribution in [2.45, 2.75) is 39.7 Å². The van der Waals surface area contributed by atoms with Gasteiger partial charge < -0.3 is 19.7 Å². The van der Waals surface area contributed by atoms with Crippen LogP contribution in [0.2, 0.25) is 0 Å². The van der Waals surface area contributed by atoms with Crippen LogP contribution in [0, 0.1) is 13.8 Å². The minimum absolute atomic E-state index is 0.0874. The largest absolute Gasteiger partial charge is 0.507 e. The molecule has 1 fully saturated rings. The molecule has 4 aromatic rings. The van der Waals surface area contributed by atoms with Gasteiger partial charge >= 0.3 is 5.91 Å². The Morgan fingerprint density at radius 1 is 1.10 bits per heavy atom. The lowest BCUT2D eigenvalue weighted by Gasteiger charge is -2.23. The number of methoxy groups -OCH3 is 1. The Balaban J connectivity index is 1.69. The fraction of sp³-hybridized carbons (Fsp3) is 0.258. The van der Waals surface area contributed by atoms with E-state index in [0.29, 0.717) is 28.6 Å². The molecule has 0 bridgehead atoms. The monoisotopic (exact) mass is 558 g/mol. The van der Waals surface area contributed by atoms with Gasteiger partial charge in [0.15, 0.2) is 16.6 Å². The molecule has 0 saturated carbocycles. The zero-order valence-electron chi connectivity index (χ0n) is 22.7. The predicted octanol–water partition coefficient (Wildman–Crippen LogP) is 6.43. The highest BCUT2D eigenvalue weighted by atomic mass is 32.1. The number of phenolic OH excluding ortho intramolecular Hbond substituents is 1. The second-order valence-corrected chi connectivity index (χ2v) is 10.8. The van der Waals surface area contributed by atoms with Crippen molar-refractivity contribution in [2.24, 2.45) is 0 Å². The zero-order chi connectivity index (χ0) is 28.6. The third kappa shape index (κ3) is 4.88. The number of unbranched alkanes of at least 4 members (excludes halogenated alkanes) is 1. The van der Waals surface area contributed by atoms with E-state index in [9.17, 15) is 19.8 Å². The van der Waals surface area contributed by atoms with Crippen molar-refractivity contribution in [3.05, 3.63) is 82.4 Å². The number of anilines is 1. The first kappa shape index (κ1) is 27.2. The minimum atomic E-state index is -1.01. The van der Waals surface area contributed by atoms with E-state index in [4.69, 9.17) is 14.5 Å².